The number of piperidine rings is 1. The van der Waals surface area contributed by atoms with E-state index in [0.29, 0.717) is 0 Å². The molecular weight excluding hydrogens is 178 g/mol. The minimum atomic E-state index is -0.284. The SMILES string of the molecule is CCC1CCN(C(=O)C(C)OC)CC1. The molecule has 1 heterocycles. The minimum Gasteiger partial charge on any atom is -0.372 e. The predicted molar refractivity (Wildman–Crippen MR) is 56.1 cm³/mol. The highest BCUT2D eigenvalue weighted by molar-refractivity contribution is 5.80. The number of methoxy groups -OCH3 is 1. The summed E-state index contributed by atoms with van der Waals surface area (Å²) in [5, 5.41) is 0. The number of nitrogens with zero attached hydrogens (tertiary/aromatic N) is 1. The summed E-state index contributed by atoms with van der Waals surface area (Å²) in [6, 6.07) is 0. The molecule has 3 heteroatoms. The molecule has 0 N–H and O–H groups in total. The second-order valence-electron chi connectivity index (χ2n) is 4.05. The van der Waals surface area contributed by atoms with Crippen molar-refractivity contribution >= 4 is 5.91 Å². The lowest BCUT2D eigenvalue weighted by Crippen LogP contribution is -2.43. The van der Waals surface area contributed by atoms with E-state index < -0.39 is 0 Å². The summed E-state index contributed by atoms with van der Waals surface area (Å²) in [5.41, 5.74) is 0. The van der Waals surface area contributed by atoms with Crippen LogP contribution < -0.4 is 0 Å². The first-order valence-electron chi connectivity index (χ1n) is 5.50. The van der Waals surface area contributed by atoms with Gasteiger partial charge >= 0.3 is 0 Å². The Morgan fingerprint density at radius 3 is 2.50 bits per heavy atom. The molecule has 0 saturated carbocycles. The molecule has 14 heavy (non-hydrogen) atoms. The highest BCUT2D eigenvalue weighted by atomic mass is 16.5. The lowest BCUT2D eigenvalue weighted by Gasteiger charge is -2.32. The Bertz CT molecular complexity index is 186. The van der Waals surface area contributed by atoms with E-state index in [1.54, 1.807) is 7.11 Å². The first-order chi connectivity index (χ1) is 6.69. The molecule has 0 aliphatic carbocycles. The van der Waals surface area contributed by atoms with Crippen LogP contribution in [0.15, 0.2) is 0 Å². The van der Waals surface area contributed by atoms with Crippen LogP contribution in [0.3, 0.4) is 0 Å². The molecule has 0 radical (unpaired) electrons. The summed E-state index contributed by atoms with van der Waals surface area (Å²) in [4.78, 5) is 13.7. The molecule has 1 unspecified atom stereocenters. The van der Waals surface area contributed by atoms with Gasteiger partial charge in [0.1, 0.15) is 6.10 Å². The number of likely N-dealkylation sites (tertiary alicyclic amines) is 1. The zero-order valence-corrected chi connectivity index (χ0v) is 9.45. The smallest absolute Gasteiger partial charge is 0.251 e. The van der Waals surface area contributed by atoms with E-state index in [-0.39, 0.29) is 12.0 Å². The Kier molecular flexibility index (Phi) is 4.39. The lowest BCUT2D eigenvalue weighted by atomic mass is 9.94. The number of carbonyl (C=O) groups excluding carboxylic acids is 1. The Morgan fingerprint density at radius 1 is 1.50 bits per heavy atom. The van der Waals surface area contributed by atoms with Crippen LogP contribution in [-0.2, 0) is 9.53 Å². The van der Waals surface area contributed by atoms with Gasteiger partial charge in [0.15, 0.2) is 0 Å². The highest BCUT2D eigenvalue weighted by Gasteiger charge is 2.24. The maximum Gasteiger partial charge on any atom is 0.251 e. The third-order valence-electron chi connectivity index (χ3n) is 3.20. The van der Waals surface area contributed by atoms with Crippen molar-refractivity contribution in [2.24, 2.45) is 5.92 Å². The fourth-order valence-electron chi connectivity index (χ4n) is 1.92. The predicted octanol–water partition coefficient (Wildman–Crippen LogP) is 1.67. The van der Waals surface area contributed by atoms with Gasteiger partial charge in [-0.25, -0.2) is 0 Å². The Morgan fingerprint density at radius 2 is 2.07 bits per heavy atom. The Hall–Kier alpha value is -0.570. The van der Waals surface area contributed by atoms with Gasteiger partial charge in [-0.1, -0.05) is 13.3 Å². The van der Waals surface area contributed by atoms with Crippen molar-refractivity contribution in [3.05, 3.63) is 0 Å². The summed E-state index contributed by atoms with van der Waals surface area (Å²) in [6.45, 7) is 5.85. The molecule has 1 amide bonds. The Labute approximate surface area is 86.4 Å². The van der Waals surface area contributed by atoms with E-state index in [1.165, 1.54) is 6.42 Å². The van der Waals surface area contributed by atoms with E-state index in [4.69, 9.17) is 4.74 Å². The van der Waals surface area contributed by atoms with Gasteiger partial charge in [-0.05, 0) is 25.7 Å². The first kappa shape index (κ1) is 11.5. The molecule has 0 bridgehead atoms. The second-order valence-corrected chi connectivity index (χ2v) is 4.05. The van der Waals surface area contributed by atoms with Gasteiger partial charge < -0.3 is 9.64 Å². The lowest BCUT2D eigenvalue weighted by molar-refractivity contribution is -0.142. The van der Waals surface area contributed by atoms with Crippen molar-refractivity contribution in [3.8, 4) is 0 Å². The quantitative estimate of drug-likeness (QED) is 0.692. The first-order valence-corrected chi connectivity index (χ1v) is 5.50. The van der Waals surface area contributed by atoms with E-state index in [0.717, 1.165) is 31.8 Å². The number of rotatable bonds is 3. The topological polar surface area (TPSA) is 29.5 Å². The number of carbonyl (C=O) groups is 1. The molecule has 1 rings (SSSR count). The summed E-state index contributed by atoms with van der Waals surface area (Å²) < 4.78 is 5.03. The average Bonchev–Trinajstić information content (AvgIpc) is 2.27. The van der Waals surface area contributed by atoms with Crippen molar-refractivity contribution in [1.29, 1.82) is 0 Å². The molecule has 0 aromatic carbocycles. The fraction of sp³-hybridized carbons (Fsp3) is 0.909. The fourth-order valence-corrected chi connectivity index (χ4v) is 1.92. The summed E-state index contributed by atoms with van der Waals surface area (Å²) >= 11 is 0. The summed E-state index contributed by atoms with van der Waals surface area (Å²) in [7, 11) is 1.58. The molecule has 0 spiro atoms. The summed E-state index contributed by atoms with van der Waals surface area (Å²) in [5.74, 6) is 0.957. The van der Waals surface area contributed by atoms with E-state index in [9.17, 15) is 4.79 Å². The van der Waals surface area contributed by atoms with Gasteiger partial charge in [0.05, 0.1) is 0 Å². The average molecular weight is 199 g/mol. The Balaban J connectivity index is 2.37. The van der Waals surface area contributed by atoms with Crippen LogP contribution >= 0.6 is 0 Å². The van der Waals surface area contributed by atoms with Gasteiger partial charge in [0.25, 0.3) is 5.91 Å². The van der Waals surface area contributed by atoms with Crippen molar-refractivity contribution in [3.63, 3.8) is 0 Å². The van der Waals surface area contributed by atoms with Crippen molar-refractivity contribution in [1.82, 2.24) is 4.90 Å². The number of amides is 1. The van der Waals surface area contributed by atoms with Gasteiger partial charge in [0, 0.05) is 20.2 Å². The zero-order valence-electron chi connectivity index (χ0n) is 9.45. The van der Waals surface area contributed by atoms with Crippen LogP contribution in [0.5, 0.6) is 0 Å². The maximum absolute atomic E-state index is 11.7. The zero-order chi connectivity index (χ0) is 10.6. The van der Waals surface area contributed by atoms with Gasteiger partial charge in [-0.2, -0.15) is 0 Å². The molecule has 0 aromatic heterocycles. The molecule has 1 aliphatic rings. The maximum atomic E-state index is 11.7. The molecule has 1 aliphatic heterocycles. The van der Waals surface area contributed by atoms with Crippen LogP contribution in [-0.4, -0.2) is 37.1 Å². The molecular formula is C11H21NO2. The number of hydrogen-bond donors (Lipinski definition) is 0. The molecule has 0 aromatic rings. The number of ether oxygens (including phenoxy) is 1. The van der Waals surface area contributed by atoms with Gasteiger partial charge in [0.2, 0.25) is 0 Å². The van der Waals surface area contributed by atoms with E-state index >= 15 is 0 Å². The number of hydrogen-bond acceptors (Lipinski definition) is 2. The molecule has 1 saturated heterocycles. The highest BCUT2D eigenvalue weighted by Crippen LogP contribution is 2.20. The van der Waals surface area contributed by atoms with E-state index in [1.807, 2.05) is 11.8 Å². The minimum absolute atomic E-state index is 0.141. The largest absolute Gasteiger partial charge is 0.372 e. The second kappa shape index (κ2) is 5.35. The monoisotopic (exact) mass is 199 g/mol. The third-order valence-corrected chi connectivity index (χ3v) is 3.20. The van der Waals surface area contributed by atoms with E-state index in [2.05, 4.69) is 6.92 Å². The van der Waals surface area contributed by atoms with Crippen LogP contribution in [0.4, 0.5) is 0 Å². The molecule has 1 fully saturated rings. The van der Waals surface area contributed by atoms with Crippen molar-refractivity contribution in [2.45, 2.75) is 39.2 Å². The third kappa shape index (κ3) is 2.71. The normalized spacial score (nSPS) is 20.9. The molecule has 1 atom stereocenters. The van der Waals surface area contributed by atoms with Crippen LogP contribution in [0.25, 0.3) is 0 Å². The van der Waals surface area contributed by atoms with Crippen molar-refractivity contribution in [2.75, 3.05) is 20.2 Å². The van der Waals surface area contributed by atoms with Gasteiger partial charge in [-0.3, -0.25) is 4.79 Å². The van der Waals surface area contributed by atoms with Crippen LogP contribution in [0, 0.1) is 5.92 Å². The molecule has 3 nitrogen and oxygen atoms in total. The standard InChI is InChI=1S/C11H21NO2/c1-4-10-5-7-12(8-6-10)11(13)9(2)14-3/h9-10H,4-8H2,1-3H3. The summed E-state index contributed by atoms with van der Waals surface area (Å²) in [6.07, 6.45) is 3.26. The van der Waals surface area contributed by atoms with Crippen LogP contribution in [0.2, 0.25) is 0 Å². The van der Waals surface area contributed by atoms with Crippen LogP contribution in [0.1, 0.15) is 33.1 Å². The molecule has 82 valence electrons. The van der Waals surface area contributed by atoms with Crippen molar-refractivity contribution < 1.29 is 9.53 Å². The van der Waals surface area contributed by atoms with Gasteiger partial charge in [-0.15, -0.1) is 0 Å².